The highest BCUT2D eigenvalue weighted by atomic mass is 16.6. The van der Waals surface area contributed by atoms with E-state index in [0.29, 0.717) is 5.92 Å². The largest absolute Gasteiger partial charge is 0.446 e. The molecule has 15 heavy (non-hydrogen) atoms. The van der Waals surface area contributed by atoms with E-state index in [2.05, 4.69) is 17.6 Å². The number of nitrogens with one attached hydrogen (secondary N) is 2. The van der Waals surface area contributed by atoms with E-state index >= 15 is 0 Å². The van der Waals surface area contributed by atoms with Crippen LogP contribution in [0.5, 0.6) is 0 Å². The number of amides is 1. The van der Waals surface area contributed by atoms with Gasteiger partial charge in [-0.15, -0.1) is 0 Å². The summed E-state index contributed by atoms with van der Waals surface area (Å²) in [5, 5.41) is 5.88. The summed E-state index contributed by atoms with van der Waals surface area (Å²) >= 11 is 0. The molecule has 0 unspecified atom stereocenters. The maximum Gasteiger partial charge on any atom is 0.407 e. The molecule has 0 spiro atoms. The van der Waals surface area contributed by atoms with Crippen molar-refractivity contribution in [2.75, 3.05) is 20.1 Å². The molecule has 1 fully saturated rings. The summed E-state index contributed by atoms with van der Waals surface area (Å²) in [5.41, 5.74) is 0. The van der Waals surface area contributed by atoms with Gasteiger partial charge < -0.3 is 15.4 Å². The molecule has 0 atom stereocenters. The van der Waals surface area contributed by atoms with Crippen molar-refractivity contribution in [1.82, 2.24) is 10.6 Å². The molecule has 4 heteroatoms. The van der Waals surface area contributed by atoms with Gasteiger partial charge in [-0.05, 0) is 38.8 Å². The highest BCUT2D eigenvalue weighted by Gasteiger charge is 2.31. The number of hydrogen-bond donors (Lipinski definition) is 2. The van der Waals surface area contributed by atoms with E-state index in [0.717, 1.165) is 38.8 Å². The van der Waals surface area contributed by atoms with Crippen LogP contribution >= 0.6 is 0 Å². The SMILES string of the molecule is CCCCNC(=O)OC1CC(CNC)C1. The molecular formula is C11H22N2O2. The lowest BCUT2D eigenvalue weighted by Crippen LogP contribution is -2.40. The maximum absolute atomic E-state index is 11.2. The van der Waals surface area contributed by atoms with Crippen molar-refractivity contribution in [2.45, 2.75) is 38.7 Å². The Labute approximate surface area is 91.8 Å². The Hall–Kier alpha value is -0.770. The molecule has 0 aliphatic heterocycles. The summed E-state index contributed by atoms with van der Waals surface area (Å²) in [4.78, 5) is 11.2. The summed E-state index contributed by atoms with van der Waals surface area (Å²) in [6.45, 7) is 3.85. The van der Waals surface area contributed by atoms with Crippen LogP contribution in [0, 0.1) is 5.92 Å². The Morgan fingerprint density at radius 3 is 2.80 bits per heavy atom. The predicted octanol–water partition coefficient (Wildman–Crippen LogP) is 1.51. The standard InChI is InChI=1S/C11H22N2O2/c1-3-4-5-13-11(14)15-10-6-9(7-10)8-12-2/h9-10,12H,3-8H2,1-2H3,(H,13,14). The van der Waals surface area contributed by atoms with Crippen LogP contribution in [0.1, 0.15) is 32.6 Å². The molecule has 4 nitrogen and oxygen atoms in total. The third-order valence-electron chi connectivity index (χ3n) is 2.76. The van der Waals surface area contributed by atoms with Crippen LogP contribution in [0.4, 0.5) is 4.79 Å². The third-order valence-corrected chi connectivity index (χ3v) is 2.76. The normalized spacial score (nSPS) is 24.4. The molecule has 0 heterocycles. The summed E-state index contributed by atoms with van der Waals surface area (Å²) in [6, 6.07) is 0. The second kappa shape index (κ2) is 6.67. The molecule has 0 bridgehead atoms. The van der Waals surface area contributed by atoms with Gasteiger partial charge in [0, 0.05) is 6.54 Å². The van der Waals surface area contributed by atoms with Crippen molar-refractivity contribution in [1.29, 1.82) is 0 Å². The van der Waals surface area contributed by atoms with E-state index in [1.807, 2.05) is 7.05 Å². The minimum absolute atomic E-state index is 0.143. The van der Waals surface area contributed by atoms with Gasteiger partial charge >= 0.3 is 6.09 Å². The summed E-state index contributed by atoms with van der Waals surface area (Å²) < 4.78 is 5.23. The second-order valence-corrected chi connectivity index (χ2v) is 4.20. The lowest BCUT2D eigenvalue weighted by Gasteiger charge is -2.34. The molecule has 88 valence electrons. The summed E-state index contributed by atoms with van der Waals surface area (Å²) in [7, 11) is 1.95. The van der Waals surface area contributed by atoms with Crippen molar-refractivity contribution in [3.8, 4) is 0 Å². The fourth-order valence-corrected chi connectivity index (χ4v) is 1.79. The van der Waals surface area contributed by atoms with Crippen molar-refractivity contribution in [2.24, 2.45) is 5.92 Å². The van der Waals surface area contributed by atoms with E-state index in [-0.39, 0.29) is 12.2 Å². The Kier molecular flexibility index (Phi) is 5.47. The van der Waals surface area contributed by atoms with Crippen LogP contribution in [-0.4, -0.2) is 32.3 Å². The number of carbonyl (C=O) groups is 1. The van der Waals surface area contributed by atoms with Crippen LogP contribution in [0.3, 0.4) is 0 Å². The van der Waals surface area contributed by atoms with E-state index in [4.69, 9.17) is 4.74 Å². The molecule has 1 saturated carbocycles. The van der Waals surface area contributed by atoms with Crippen LogP contribution in [0.15, 0.2) is 0 Å². The minimum Gasteiger partial charge on any atom is -0.446 e. The van der Waals surface area contributed by atoms with Gasteiger partial charge in [0.1, 0.15) is 6.10 Å². The quantitative estimate of drug-likeness (QED) is 0.659. The molecule has 0 radical (unpaired) electrons. The minimum atomic E-state index is -0.253. The Morgan fingerprint density at radius 1 is 1.47 bits per heavy atom. The van der Waals surface area contributed by atoms with Gasteiger partial charge in [-0.1, -0.05) is 13.3 Å². The van der Waals surface area contributed by atoms with Gasteiger partial charge in [0.25, 0.3) is 0 Å². The van der Waals surface area contributed by atoms with Gasteiger partial charge in [-0.2, -0.15) is 0 Å². The summed E-state index contributed by atoms with van der Waals surface area (Å²) in [5.74, 6) is 0.684. The molecule has 1 rings (SSSR count). The maximum atomic E-state index is 11.2. The molecular weight excluding hydrogens is 192 g/mol. The molecule has 0 aromatic rings. The first-order chi connectivity index (χ1) is 7.26. The van der Waals surface area contributed by atoms with E-state index in [1.165, 1.54) is 0 Å². The van der Waals surface area contributed by atoms with Crippen molar-refractivity contribution in [3.63, 3.8) is 0 Å². The first kappa shape index (κ1) is 12.3. The number of unbranched alkanes of at least 4 members (excludes halogenated alkanes) is 1. The first-order valence-electron chi connectivity index (χ1n) is 5.85. The number of ether oxygens (including phenoxy) is 1. The highest BCUT2D eigenvalue weighted by molar-refractivity contribution is 5.67. The molecule has 0 aromatic carbocycles. The zero-order valence-electron chi connectivity index (χ0n) is 9.71. The monoisotopic (exact) mass is 214 g/mol. The second-order valence-electron chi connectivity index (χ2n) is 4.20. The van der Waals surface area contributed by atoms with Crippen LogP contribution in [0.2, 0.25) is 0 Å². The molecule has 2 N–H and O–H groups in total. The van der Waals surface area contributed by atoms with Crippen molar-refractivity contribution in [3.05, 3.63) is 0 Å². The topological polar surface area (TPSA) is 50.4 Å². The average Bonchev–Trinajstić information content (AvgIpc) is 2.15. The van der Waals surface area contributed by atoms with Gasteiger partial charge in [0.2, 0.25) is 0 Å². The Morgan fingerprint density at radius 2 is 2.20 bits per heavy atom. The van der Waals surface area contributed by atoms with E-state index in [1.54, 1.807) is 0 Å². The Bertz CT molecular complexity index is 191. The average molecular weight is 214 g/mol. The highest BCUT2D eigenvalue weighted by Crippen LogP contribution is 2.29. The number of carbonyl (C=O) groups excluding carboxylic acids is 1. The number of hydrogen-bond acceptors (Lipinski definition) is 3. The van der Waals surface area contributed by atoms with Gasteiger partial charge in [0.05, 0.1) is 0 Å². The number of alkyl carbamates (subject to hydrolysis) is 1. The zero-order valence-corrected chi connectivity index (χ0v) is 9.71. The molecule has 0 saturated heterocycles. The molecule has 0 aromatic heterocycles. The van der Waals surface area contributed by atoms with Crippen molar-refractivity contribution >= 4 is 6.09 Å². The van der Waals surface area contributed by atoms with Crippen LogP contribution in [-0.2, 0) is 4.74 Å². The van der Waals surface area contributed by atoms with Crippen molar-refractivity contribution < 1.29 is 9.53 Å². The summed E-state index contributed by atoms with van der Waals surface area (Å²) in [6.07, 6.45) is 4.00. The lowest BCUT2D eigenvalue weighted by molar-refractivity contribution is 0.0183. The predicted molar refractivity (Wildman–Crippen MR) is 59.8 cm³/mol. The van der Waals surface area contributed by atoms with E-state index < -0.39 is 0 Å². The number of rotatable bonds is 6. The molecule has 1 aliphatic rings. The fourth-order valence-electron chi connectivity index (χ4n) is 1.79. The van der Waals surface area contributed by atoms with Gasteiger partial charge in [-0.25, -0.2) is 4.79 Å². The fraction of sp³-hybridized carbons (Fsp3) is 0.909. The molecule has 1 aliphatic carbocycles. The Balaban J connectivity index is 1.98. The van der Waals surface area contributed by atoms with Crippen LogP contribution in [0.25, 0.3) is 0 Å². The van der Waals surface area contributed by atoms with Gasteiger partial charge in [0.15, 0.2) is 0 Å². The van der Waals surface area contributed by atoms with Crippen LogP contribution < -0.4 is 10.6 Å². The lowest BCUT2D eigenvalue weighted by atomic mass is 9.82. The first-order valence-corrected chi connectivity index (χ1v) is 5.85. The molecule has 1 amide bonds. The van der Waals surface area contributed by atoms with Gasteiger partial charge in [-0.3, -0.25) is 0 Å². The van der Waals surface area contributed by atoms with E-state index in [9.17, 15) is 4.79 Å². The zero-order chi connectivity index (χ0) is 11.1. The smallest absolute Gasteiger partial charge is 0.407 e. The third kappa shape index (κ3) is 4.51.